The third-order valence-corrected chi connectivity index (χ3v) is 5.13. The molecule has 0 fully saturated rings. The van der Waals surface area contributed by atoms with Gasteiger partial charge >= 0.3 is 0 Å². The predicted octanol–water partition coefficient (Wildman–Crippen LogP) is 4.04. The van der Waals surface area contributed by atoms with E-state index in [1.54, 1.807) is 14.2 Å². The Balaban J connectivity index is 1.86. The van der Waals surface area contributed by atoms with Gasteiger partial charge in [-0.15, -0.1) is 0 Å². The molecule has 130 valence electrons. The molecule has 2 N–H and O–H groups in total. The average Bonchev–Trinajstić information content (AvgIpc) is 2.99. The number of hydrogen-bond acceptors (Lipinski definition) is 3. The van der Waals surface area contributed by atoms with Gasteiger partial charge in [-0.2, -0.15) is 0 Å². The first kappa shape index (κ1) is 16.0. The van der Waals surface area contributed by atoms with E-state index < -0.39 is 0 Å². The standard InChI is InChI=1S/C21H24N2O2/c1-12-9-13(2)19-15-7-8-22-20(21(15)23-16(19)10-12)14-5-6-17(24-3)18(11-14)25-4/h5-6,9-11,20,22-23H,7-8H2,1-4H3. The second-order valence-corrected chi connectivity index (χ2v) is 6.77. The summed E-state index contributed by atoms with van der Waals surface area (Å²) in [5.74, 6) is 1.52. The molecule has 0 bridgehead atoms. The molecule has 4 nitrogen and oxygen atoms in total. The van der Waals surface area contributed by atoms with E-state index in [9.17, 15) is 0 Å². The lowest BCUT2D eigenvalue weighted by Crippen LogP contribution is -2.30. The maximum atomic E-state index is 5.49. The van der Waals surface area contributed by atoms with Crippen LogP contribution >= 0.6 is 0 Å². The molecule has 2 aromatic carbocycles. The number of benzene rings is 2. The number of hydrogen-bond donors (Lipinski definition) is 2. The van der Waals surface area contributed by atoms with Crippen LogP contribution in [0.25, 0.3) is 10.9 Å². The summed E-state index contributed by atoms with van der Waals surface area (Å²) in [4.78, 5) is 3.68. The van der Waals surface area contributed by atoms with Gasteiger partial charge in [-0.25, -0.2) is 0 Å². The fraction of sp³-hybridized carbons (Fsp3) is 0.333. The highest BCUT2D eigenvalue weighted by Crippen LogP contribution is 2.38. The second-order valence-electron chi connectivity index (χ2n) is 6.77. The highest BCUT2D eigenvalue weighted by atomic mass is 16.5. The molecule has 0 saturated heterocycles. The summed E-state index contributed by atoms with van der Waals surface area (Å²) in [5, 5.41) is 5.03. The van der Waals surface area contributed by atoms with E-state index >= 15 is 0 Å². The number of H-pyrrole nitrogens is 1. The molecular weight excluding hydrogens is 312 g/mol. The second kappa shape index (κ2) is 6.12. The third-order valence-electron chi connectivity index (χ3n) is 5.13. The summed E-state index contributed by atoms with van der Waals surface area (Å²) in [6, 6.07) is 10.8. The molecule has 4 heteroatoms. The largest absolute Gasteiger partial charge is 0.493 e. The maximum absolute atomic E-state index is 5.49. The lowest BCUT2D eigenvalue weighted by Gasteiger charge is -2.25. The highest BCUT2D eigenvalue weighted by molar-refractivity contribution is 5.89. The fourth-order valence-corrected chi connectivity index (χ4v) is 4.09. The number of rotatable bonds is 3. The number of nitrogens with one attached hydrogen (secondary N) is 2. The Morgan fingerprint density at radius 1 is 1.00 bits per heavy atom. The molecule has 25 heavy (non-hydrogen) atoms. The molecule has 2 heterocycles. The van der Waals surface area contributed by atoms with Crippen LogP contribution in [0.1, 0.15) is 34.0 Å². The minimum atomic E-state index is 0.135. The van der Waals surface area contributed by atoms with Crippen molar-refractivity contribution in [1.29, 1.82) is 0 Å². The highest BCUT2D eigenvalue weighted by Gasteiger charge is 2.26. The molecule has 1 aliphatic heterocycles. The minimum Gasteiger partial charge on any atom is -0.493 e. The first-order chi connectivity index (χ1) is 12.1. The number of ether oxygens (including phenoxy) is 2. The van der Waals surface area contributed by atoms with Crippen LogP contribution < -0.4 is 14.8 Å². The quantitative estimate of drug-likeness (QED) is 0.759. The summed E-state index contributed by atoms with van der Waals surface area (Å²) < 4.78 is 10.9. The molecule has 0 saturated carbocycles. The number of aromatic amines is 1. The monoisotopic (exact) mass is 336 g/mol. The first-order valence-corrected chi connectivity index (χ1v) is 8.69. The Morgan fingerprint density at radius 3 is 2.56 bits per heavy atom. The molecule has 0 amide bonds. The molecule has 1 atom stereocenters. The van der Waals surface area contributed by atoms with Crippen LogP contribution in [0.2, 0.25) is 0 Å². The smallest absolute Gasteiger partial charge is 0.161 e. The zero-order chi connectivity index (χ0) is 17.6. The van der Waals surface area contributed by atoms with Crippen LogP contribution in [0.3, 0.4) is 0 Å². The minimum absolute atomic E-state index is 0.135. The van der Waals surface area contributed by atoms with Gasteiger partial charge in [0.05, 0.1) is 20.3 Å². The molecular formula is C21H24N2O2. The third kappa shape index (κ3) is 2.57. The van der Waals surface area contributed by atoms with Crippen molar-refractivity contribution in [1.82, 2.24) is 10.3 Å². The Labute approximate surface area is 148 Å². The SMILES string of the molecule is COc1ccc(C2NCCc3c2[nH]c2cc(C)cc(C)c32)cc1OC. The molecule has 0 spiro atoms. The van der Waals surface area contributed by atoms with Gasteiger partial charge in [0.15, 0.2) is 11.5 Å². The van der Waals surface area contributed by atoms with E-state index in [-0.39, 0.29) is 6.04 Å². The van der Waals surface area contributed by atoms with E-state index in [0.717, 1.165) is 24.5 Å². The van der Waals surface area contributed by atoms with Gasteiger partial charge in [0.25, 0.3) is 0 Å². The lowest BCUT2D eigenvalue weighted by atomic mass is 9.92. The topological polar surface area (TPSA) is 46.3 Å². The van der Waals surface area contributed by atoms with Crippen LogP contribution in [0.4, 0.5) is 0 Å². The molecule has 1 aromatic heterocycles. The summed E-state index contributed by atoms with van der Waals surface area (Å²) in [7, 11) is 3.34. The van der Waals surface area contributed by atoms with Crippen molar-refractivity contribution in [3.63, 3.8) is 0 Å². The zero-order valence-corrected chi connectivity index (χ0v) is 15.2. The Hall–Kier alpha value is -2.46. The first-order valence-electron chi connectivity index (χ1n) is 8.69. The molecule has 3 aromatic rings. The van der Waals surface area contributed by atoms with Gasteiger partial charge in [-0.05, 0) is 60.7 Å². The lowest BCUT2D eigenvalue weighted by molar-refractivity contribution is 0.354. The van der Waals surface area contributed by atoms with Gasteiger partial charge in [0.2, 0.25) is 0 Å². The van der Waals surface area contributed by atoms with Crippen LogP contribution in [0, 0.1) is 13.8 Å². The van der Waals surface area contributed by atoms with Crippen LogP contribution in [0.15, 0.2) is 30.3 Å². The summed E-state index contributed by atoms with van der Waals surface area (Å²) in [6.45, 7) is 5.32. The molecule has 0 aliphatic carbocycles. The fourth-order valence-electron chi connectivity index (χ4n) is 4.09. The van der Waals surface area contributed by atoms with Crippen molar-refractivity contribution in [2.75, 3.05) is 20.8 Å². The van der Waals surface area contributed by atoms with E-state index in [0.29, 0.717) is 0 Å². The number of fused-ring (bicyclic) bond motifs is 3. The van der Waals surface area contributed by atoms with Crippen molar-refractivity contribution >= 4 is 10.9 Å². The van der Waals surface area contributed by atoms with Crippen LogP contribution in [0.5, 0.6) is 11.5 Å². The Morgan fingerprint density at radius 2 is 1.80 bits per heavy atom. The Kier molecular flexibility index (Phi) is 3.92. The van der Waals surface area contributed by atoms with Gasteiger partial charge in [0.1, 0.15) is 0 Å². The summed E-state index contributed by atoms with van der Waals surface area (Å²) in [5.41, 5.74) is 7.75. The van der Waals surface area contributed by atoms with Crippen molar-refractivity contribution in [3.05, 3.63) is 58.3 Å². The van der Waals surface area contributed by atoms with E-state index in [1.165, 1.54) is 38.9 Å². The average molecular weight is 336 g/mol. The number of aryl methyl sites for hydroxylation is 2. The predicted molar refractivity (Wildman–Crippen MR) is 101 cm³/mol. The molecule has 1 unspecified atom stereocenters. The molecule has 4 rings (SSSR count). The zero-order valence-electron chi connectivity index (χ0n) is 15.2. The maximum Gasteiger partial charge on any atom is 0.161 e. The van der Waals surface area contributed by atoms with Crippen LogP contribution in [-0.2, 0) is 6.42 Å². The van der Waals surface area contributed by atoms with E-state index in [1.807, 2.05) is 6.07 Å². The molecule has 1 aliphatic rings. The van der Waals surface area contributed by atoms with E-state index in [2.05, 4.69) is 48.4 Å². The van der Waals surface area contributed by atoms with Crippen molar-refractivity contribution in [3.8, 4) is 11.5 Å². The molecule has 0 radical (unpaired) electrons. The summed E-state index contributed by atoms with van der Waals surface area (Å²) in [6.07, 6.45) is 1.04. The van der Waals surface area contributed by atoms with Gasteiger partial charge in [0, 0.05) is 23.1 Å². The normalized spacial score (nSPS) is 16.7. The summed E-state index contributed by atoms with van der Waals surface area (Å²) >= 11 is 0. The number of methoxy groups -OCH3 is 2. The van der Waals surface area contributed by atoms with Gasteiger partial charge in [-0.3, -0.25) is 0 Å². The van der Waals surface area contributed by atoms with Gasteiger partial charge in [-0.1, -0.05) is 12.1 Å². The van der Waals surface area contributed by atoms with Crippen molar-refractivity contribution in [2.24, 2.45) is 0 Å². The number of aromatic nitrogens is 1. The van der Waals surface area contributed by atoms with Crippen molar-refractivity contribution in [2.45, 2.75) is 26.3 Å². The Bertz CT molecular complexity index is 943. The van der Waals surface area contributed by atoms with E-state index in [4.69, 9.17) is 9.47 Å². The van der Waals surface area contributed by atoms with Crippen LogP contribution in [-0.4, -0.2) is 25.7 Å². The van der Waals surface area contributed by atoms with Crippen molar-refractivity contribution < 1.29 is 9.47 Å². The van der Waals surface area contributed by atoms with Gasteiger partial charge < -0.3 is 19.8 Å².